The first-order chi connectivity index (χ1) is 43.8. The number of amides is 9. The first-order valence-electron chi connectivity index (χ1n) is 31.5. The summed E-state index contributed by atoms with van der Waals surface area (Å²) in [7, 11) is 0. The number of rotatable bonds is 17. The lowest BCUT2D eigenvalue weighted by atomic mass is 10.0. The summed E-state index contributed by atoms with van der Waals surface area (Å²) < 4.78 is 0. The predicted molar refractivity (Wildman–Crippen MR) is 385 cm³/mol. The molecule has 7 aromatic rings. The number of nitrogens with two attached hydrogens (primary N) is 1. The Balaban J connectivity index is 0.000000382. The van der Waals surface area contributed by atoms with Gasteiger partial charge in [-0.05, 0) is 167 Å². The van der Waals surface area contributed by atoms with Gasteiger partial charge in [-0.3, -0.25) is 28.8 Å². The maximum Gasteiger partial charge on any atom is 0.323 e. The van der Waals surface area contributed by atoms with Crippen LogP contribution in [0.1, 0.15) is 209 Å². The molecule has 0 atom stereocenters. The molecule has 498 valence electrons. The van der Waals surface area contributed by atoms with Gasteiger partial charge in [-0.1, -0.05) is 168 Å². The number of urea groups is 2. The Morgan fingerprint density at radius 2 is 0.699 bits per heavy atom. The number of benzene rings is 7. The number of para-hydroxylation sites is 1. The minimum Gasteiger partial charge on any atom is -0.366 e. The van der Waals surface area contributed by atoms with E-state index in [4.69, 9.17) is 5.73 Å². The summed E-state index contributed by atoms with van der Waals surface area (Å²) in [5.41, 5.74) is 19.0. The second-order valence-electron chi connectivity index (χ2n) is 24.1. The zero-order valence-electron chi connectivity index (χ0n) is 57.8. The lowest BCUT2D eigenvalue weighted by molar-refractivity contribution is -0.116. The van der Waals surface area contributed by atoms with Crippen LogP contribution in [0.2, 0.25) is 0 Å². The van der Waals surface area contributed by atoms with Crippen molar-refractivity contribution in [3.05, 3.63) is 208 Å². The number of carbonyl (C=O) groups is 8. The fourth-order valence-electron chi connectivity index (χ4n) is 8.49. The first-order valence-corrected chi connectivity index (χ1v) is 31.5. The van der Waals surface area contributed by atoms with Crippen molar-refractivity contribution in [3.63, 3.8) is 0 Å². The van der Waals surface area contributed by atoms with Crippen molar-refractivity contribution in [1.29, 1.82) is 0 Å². The predicted octanol–water partition coefficient (Wildman–Crippen LogP) is 17.7. The van der Waals surface area contributed by atoms with E-state index in [0.29, 0.717) is 76.8 Å². The third-order valence-electron chi connectivity index (χ3n) is 13.5. The molecule has 0 spiro atoms. The maximum absolute atomic E-state index is 11.8. The summed E-state index contributed by atoms with van der Waals surface area (Å²) in [4.78, 5) is 88.9. The summed E-state index contributed by atoms with van der Waals surface area (Å²) in [5.74, 6) is 1.96. The van der Waals surface area contributed by atoms with Crippen LogP contribution in [-0.2, 0) is 30.4 Å². The van der Waals surface area contributed by atoms with Gasteiger partial charge in [0.05, 0.1) is 11.4 Å². The van der Waals surface area contributed by atoms with Crippen molar-refractivity contribution in [2.24, 2.45) is 5.73 Å². The number of nitrogens with one attached hydrogen (secondary N) is 8. The van der Waals surface area contributed by atoms with Gasteiger partial charge in [0.15, 0.2) is 0 Å². The van der Waals surface area contributed by atoms with Crippen LogP contribution >= 0.6 is 0 Å². The summed E-state index contributed by atoms with van der Waals surface area (Å²) in [6, 6.07) is 51.7. The molecule has 0 saturated heterocycles. The molecule has 7 aromatic carbocycles. The van der Waals surface area contributed by atoms with E-state index in [2.05, 4.69) is 150 Å². The fraction of sp³-hybridized carbons (Fsp3) is 0.342. The molecule has 0 aliphatic rings. The summed E-state index contributed by atoms with van der Waals surface area (Å²) in [6.45, 7) is 35.3. The molecule has 0 fully saturated rings. The van der Waals surface area contributed by atoms with Crippen molar-refractivity contribution in [2.75, 3.05) is 43.8 Å². The second-order valence-corrected chi connectivity index (χ2v) is 24.1. The summed E-state index contributed by atoms with van der Waals surface area (Å²) >= 11 is 0. The second kappa shape index (κ2) is 41.5. The Kier molecular flexibility index (Phi) is 35.3. The molecule has 0 unspecified atom stereocenters. The number of hydrogen-bond acceptors (Lipinski definition) is 8. The fourth-order valence-corrected chi connectivity index (χ4v) is 8.49. The molecule has 0 bridgehead atoms. The van der Waals surface area contributed by atoms with Gasteiger partial charge < -0.3 is 48.3 Å². The highest BCUT2D eigenvalue weighted by atomic mass is 16.2. The van der Waals surface area contributed by atoms with Crippen molar-refractivity contribution in [1.82, 2.24) is 5.32 Å². The number of hydrogen-bond donors (Lipinski definition) is 9. The Bertz CT molecular complexity index is 3470. The van der Waals surface area contributed by atoms with Crippen LogP contribution in [0.25, 0.3) is 0 Å². The average Bonchev–Trinajstić information content (AvgIpc) is 1.16. The standard InChI is InChI=1S/C16H18N2O.2C13H18N2O2.C12H18N2O.C12H16O.C10H13NO/c1-12(2)13-7-6-10-15(11-13)18-16(19)17-14-8-4-3-5-9-14;1-8(2)11-5-12(14-9(3)16)7-13(6-11)15-10(4)17;1-8(2)11-5-6-12(14-9(3)16)13(7-11)15-10(4)17;1-4-13-12(15)14-11-7-5-6-10(8-11)9(2)3;1-9(2)12-6-4-11(5-7-12)8-10(3)13;1-7(2)8-3-5-9(6-4-8)10(11)12/h3-12H,1-2H3,(H2,17,18,19);2*5-8H,1-4H3,(H,14,16)(H,15,17);5-9H,4H2,1-3H3,(H2,13,14,15);4-7,9H,8H2,1-3H3;3-7H,1-2H3,(H2,11,12). The molecule has 0 saturated carbocycles. The smallest absolute Gasteiger partial charge is 0.323 e. The van der Waals surface area contributed by atoms with Gasteiger partial charge in [0, 0.05) is 74.7 Å². The highest BCUT2D eigenvalue weighted by Crippen LogP contribution is 2.28. The summed E-state index contributed by atoms with van der Waals surface area (Å²) in [5, 5.41) is 22.0. The average molecular weight is 1270 g/mol. The maximum atomic E-state index is 11.8. The van der Waals surface area contributed by atoms with Crippen LogP contribution in [-0.4, -0.2) is 53.9 Å². The molecule has 0 aromatic heterocycles. The van der Waals surface area contributed by atoms with E-state index in [1.807, 2.05) is 128 Å². The van der Waals surface area contributed by atoms with E-state index in [1.165, 1.54) is 49.9 Å². The van der Waals surface area contributed by atoms with E-state index in [1.54, 1.807) is 25.1 Å². The number of Topliss-reactive ketones (excluding diaryl/α,β-unsaturated/α-hetero) is 1. The van der Waals surface area contributed by atoms with Crippen LogP contribution in [0.5, 0.6) is 0 Å². The van der Waals surface area contributed by atoms with Gasteiger partial charge >= 0.3 is 12.1 Å². The number of carbonyl (C=O) groups excluding carboxylic acids is 8. The van der Waals surface area contributed by atoms with Crippen molar-refractivity contribution >= 4 is 87.2 Å². The molecular weight excluding hydrogens is 1170 g/mol. The van der Waals surface area contributed by atoms with E-state index in [0.717, 1.165) is 33.8 Å². The largest absolute Gasteiger partial charge is 0.366 e. The zero-order chi connectivity index (χ0) is 69.9. The van der Waals surface area contributed by atoms with Crippen molar-refractivity contribution in [3.8, 4) is 0 Å². The number of anilines is 7. The zero-order valence-corrected chi connectivity index (χ0v) is 57.8. The molecule has 0 aliphatic heterocycles. The molecule has 93 heavy (non-hydrogen) atoms. The molecule has 10 N–H and O–H groups in total. The molecule has 0 aliphatic carbocycles. The van der Waals surface area contributed by atoms with Gasteiger partial charge in [0.25, 0.3) is 0 Å². The van der Waals surface area contributed by atoms with E-state index >= 15 is 0 Å². The molecule has 9 amide bonds. The molecular formula is C76H101N9O8. The minimum atomic E-state index is -0.370. The minimum absolute atomic E-state index is 0.125. The van der Waals surface area contributed by atoms with Crippen molar-refractivity contribution < 1.29 is 38.4 Å². The van der Waals surface area contributed by atoms with Gasteiger partial charge in [0.2, 0.25) is 29.5 Å². The monoisotopic (exact) mass is 1270 g/mol. The normalized spacial score (nSPS) is 10.2. The number of ketones is 1. The van der Waals surface area contributed by atoms with Crippen LogP contribution < -0.4 is 48.3 Å². The molecule has 17 heteroatoms. The van der Waals surface area contributed by atoms with Gasteiger partial charge in [-0.25, -0.2) is 9.59 Å². The Labute approximate surface area is 552 Å². The van der Waals surface area contributed by atoms with Crippen LogP contribution in [0.3, 0.4) is 0 Å². The Morgan fingerprint density at radius 1 is 0.333 bits per heavy atom. The molecule has 17 nitrogen and oxygen atoms in total. The third kappa shape index (κ3) is 33.1. The Hall–Kier alpha value is -9.90. The SMILES string of the molecule is CC(=O)Cc1ccc(C(C)C)cc1.CC(=O)Nc1cc(NC(C)=O)cc(C(C)C)c1.CC(=O)Nc1ccc(C(C)C)cc1NC(C)=O.CC(C)c1ccc(C(N)=O)cc1.CC(C)c1cccc(NC(=O)Nc2ccccc2)c1.CCNC(=O)Nc1cccc(C(C)C)c1. The topological polar surface area (TPSA) is 259 Å². The molecule has 0 heterocycles. The van der Waals surface area contributed by atoms with Gasteiger partial charge in [0.1, 0.15) is 5.78 Å². The summed E-state index contributed by atoms with van der Waals surface area (Å²) in [6.07, 6.45) is 0.554. The Morgan fingerprint density at radius 3 is 1.10 bits per heavy atom. The highest BCUT2D eigenvalue weighted by molar-refractivity contribution is 6.00. The van der Waals surface area contributed by atoms with E-state index < -0.39 is 0 Å². The molecule has 0 radical (unpaired) electrons. The number of primary amides is 1. The first kappa shape index (κ1) is 79.2. The van der Waals surface area contributed by atoms with Crippen LogP contribution in [0, 0.1) is 0 Å². The third-order valence-corrected chi connectivity index (χ3v) is 13.5. The van der Waals surface area contributed by atoms with Crippen molar-refractivity contribution in [2.45, 2.75) is 167 Å². The van der Waals surface area contributed by atoms with Gasteiger partial charge in [-0.15, -0.1) is 0 Å². The lowest BCUT2D eigenvalue weighted by Gasteiger charge is -2.14. The lowest BCUT2D eigenvalue weighted by Crippen LogP contribution is -2.28. The van der Waals surface area contributed by atoms with Crippen LogP contribution in [0.4, 0.5) is 49.4 Å². The quantitative estimate of drug-likeness (QED) is 0.0423. The van der Waals surface area contributed by atoms with E-state index in [9.17, 15) is 38.4 Å². The van der Waals surface area contributed by atoms with E-state index in [-0.39, 0.29) is 47.4 Å². The highest BCUT2D eigenvalue weighted by Gasteiger charge is 2.11. The van der Waals surface area contributed by atoms with Gasteiger partial charge in [-0.2, -0.15) is 0 Å². The van der Waals surface area contributed by atoms with Crippen LogP contribution in [0.15, 0.2) is 164 Å². The molecule has 7 rings (SSSR count).